The average molecular weight is 1460 g/mol. The smallest absolute Gasteiger partial charge is 0.0642 e. The van der Waals surface area contributed by atoms with Crippen LogP contribution in [0.2, 0.25) is 0 Å². The van der Waals surface area contributed by atoms with Crippen LogP contribution in [0.3, 0.4) is 0 Å². The predicted molar refractivity (Wildman–Crippen MR) is 490 cm³/mol. The molecule has 16 heterocycles. The van der Waals surface area contributed by atoms with Gasteiger partial charge in [0.15, 0.2) is 0 Å². The van der Waals surface area contributed by atoms with Crippen LogP contribution in [0.1, 0.15) is 0 Å². The molecule has 0 saturated carbocycles. The Morgan fingerprint density at radius 2 is 0.284 bits per heavy atom. The van der Waals surface area contributed by atoms with Crippen LogP contribution in [0.25, 0.3) is 305 Å². The number of rotatable bonds is 0. The third-order valence-corrected chi connectivity index (χ3v) is 28.8. The summed E-state index contributed by atoms with van der Waals surface area (Å²) in [5.74, 6) is 0. The number of hydrogen-bond donors (Lipinski definition) is 0. The molecule has 8 heteroatoms. The summed E-state index contributed by atoms with van der Waals surface area (Å²) in [6.45, 7) is 0. The summed E-state index contributed by atoms with van der Waals surface area (Å²) in [7, 11) is 0. The molecule has 8 nitrogen and oxygen atoms in total. The number of fused-ring (bicyclic) bond motifs is 52. The first-order valence-corrected chi connectivity index (χ1v) is 40.6. The molecular weight excluding hydrogens is 1410 g/mol. The van der Waals surface area contributed by atoms with Gasteiger partial charge in [0.2, 0.25) is 0 Å². The molecule has 0 amide bonds. The van der Waals surface area contributed by atoms with Crippen molar-refractivity contribution in [2.24, 2.45) is 0 Å². The fraction of sp³-hybridized carbons (Fsp3) is 0. The Morgan fingerprint density at radius 1 is 0.0948 bits per heavy atom. The molecule has 116 heavy (non-hydrogen) atoms. The van der Waals surface area contributed by atoms with Gasteiger partial charge in [0.25, 0.3) is 0 Å². The molecule has 0 spiro atoms. The van der Waals surface area contributed by atoms with Crippen molar-refractivity contribution in [2.75, 3.05) is 0 Å². The Hall–Kier alpha value is -15.6. The van der Waals surface area contributed by atoms with Gasteiger partial charge in [-0.3, -0.25) is 0 Å². The maximum absolute atomic E-state index is 2.58. The fourth-order valence-electron chi connectivity index (χ4n) is 24.8. The van der Waals surface area contributed by atoms with Gasteiger partial charge in [-0.15, -0.1) is 0 Å². The second-order valence-electron chi connectivity index (χ2n) is 33.6. The Bertz CT molecular complexity index is 10000. The summed E-state index contributed by atoms with van der Waals surface area (Å²) in [5, 5.41) is 42.2. The van der Waals surface area contributed by atoms with Crippen LogP contribution in [0, 0.1) is 0 Å². The summed E-state index contributed by atoms with van der Waals surface area (Å²) < 4.78 is 20.5. The number of benzene rings is 18. The van der Waals surface area contributed by atoms with E-state index in [0.29, 0.717) is 0 Å². The van der Waals surface area contributed by atoms with Gasteiger partial charge >= 0.3 is 0 Å². The first-order valence-electron chi connectivity index (χ1n) is 40.6. The van der Waals surface area contributed by atoms with Gasteiger partial charge in [-0.25, -0.2) is 0 Å². The molecule has 0 atom stereocenters. The van der Waals surface area contributed by atoms with E-state index in [0.717, 1.165) is 0 Å². The number of hydrogen-bond acceptors (Lipinski definition) is 0. The van der Waals surface area contributed by atoms with Crippen LogP contribution in [-0.2, 0) is 0 Å². The Morgan fingerprint density at radius 3 is 0.603 bits per heavy atom. The topological polar surface area (TPSA) is 35.3 Å². The van der Waals surface area contributed by atoms with Crippen molar-refractivity contribution in [3.05, 3.63) is 315 Å². The van der Waals surface area contributed by atoms with Gasteiger partial charge in [-0.05, 0) is 97.1 Å². The van der Waals surface area contributed by atoms with Gasteiger partial charge in [0, 0.05) is 172 Å². The van der Waals surface area contributed by atoms with E-state index in [4.69, 9.17) is 0 Å². The minimum absolute atomic E-state index is 1.26. The molecule has 524 valence electrons. The van der Waals surface area contributed by atoms with Crippen molar-refractivity contribution in [3.63, 3.8) is 0 Å². The molecule has 16 aromatic heterocycles. The number of aromatic nitrogens is 8. The molecule has 0 bridgehead atoms. The molecular formula is C108H52N8. The van der Waals surface area contributed by atoms with Crippen LogP contribution in [0.5, 0.6) is 0 Å². The molecule has 34 aromatic rings. The van der Waals surface area contributed by atoms with Crippen molar-refractivity contribution in [3.8, 4) is 0 Å². The van der Waals surface area contributed by atoms with Gasteiger partial charge in [-0.1, -0.05) is 218 Å². The molecule has 0 fully saturated rings. The second kappa shape index (κ2) is 18.4. The number of para-hydroxylation sites is 12. The van der Waals surface area contributed by atoms with E-state index in [2.05, 4.69) is 351 Å². The second-order valence-corrected chi connectivity index (χ2v) is 33.6. The van der Waals surface area contributed by atoms with Crippen LogP contribution in [-0.4, -0.2) is 35.2 Å². The van der Waals surface area contributed by atoms with E-state index in [-0.39, 0.29) is 0 Å². The first kappa shape index (κ1) is 56.6. The summed E-state index contributed by atoms with van der Waals surface area (Å²) in [4.78, 5) is 0. The summed E-state index contributed by atoms with van der Waals surface area (Å²) in [6.07, 6.45) is 0. The highest BCUT2D eigenvalue weighted by Crippen LogP contribution is 2.56. The summed E-state index contributed by atoms with van der Waals surface area (Å²) >= 11 is 0. The third-order valence-electron chi connectivity index (χ3n) is 28.8. The van der Waals surface area contributed by atoms with Crippen LogP contribution < -0.4 is 0 Å². The van der Waals surface area contributed by atoms with Gasteiger partial charge in [0.05, 0.1) is 132 Å². The zero-order valence-corrected chi connectivity index (χ0v) is 61.6. The molecule has 18 aromatic carbocycles. The lowest BCUT2D eigenvalue weighted by molar-refractivity contribution is 1.36. The lowest BCUT2D eigenvalue weighted by Crippen LogP contribution is -1.83. The monoisotopic (exact) mass is 1460 g/mol. The standard InChI is InChI=1S/2C54H26N4/c1-5-19-41-27(11-1)29-15-9-17-31-37-23-39-35-25-46-36(26-45(35)55-43-21-7-3-13-33(43)47(51(39)55)53(37)57(41)49(29)31)40-24-38-32-18-10-16-30-28-12-2-6-20-42(28)58(50(30)32)54(38)48-34-14-4-8-22-44(34)56(46)52(40)48;1-5-19-39-27(11-1)29-15-9-17-33-47-45(57(39)51(29)33)25-37-35-23-44-36(24-43(35)55-41-21-7-3-13-31(41)49(47)53(37)55)38-26-46-48(50-32-14-4-8-22-42(32)56(44)54(38)50)34-18-10-16-30-28-12-2-6-20-40(28)58(46)52(30)34/h2*1-26H. The van der Waals surface area contributed by atoms with Crippen LogP contribution in [0.15, 0.2) is 315 Å². The van der Waals surface area contributed by atoms with Crippen molar-refractivity contribution < 1.29 is 0 Å². The van der Waals surface area contributed by atoms with E-state index in [1.807, 2.05) is 0 Å². The largest absolute Gasteiger partial charge is 0.308 e. The first-order chi connectivity index (χ1) is 57.7. The molecule has 0 unspecified atom stereocenters. The Balaban J connectivity index is 0.000000111. The van der Waals surface area contributed by atoms with Crippen molar-refractivity contribution in [1.29, 1.82) is 0 Å². The molecule has 34 rings (SSSR count). The van der Waals surface area contributed by atoms with Gasteiger partial charge in [-0.2, -0.15) is 0 Å². The van der Waals surface area contributed by atoms with E-state index in [1.54, 1.807) is 0 Å². The molecule has 0 aliphatic heterocycles. The zero-order chi connectivity index (χ0) is 73.7. The predicted octanol–water partition coefficient (Wildman–Crippen LogP) is 28.6. The lowest BCUT2D eigenvalue weighted by atomic mass is 9.99. The molecule has 0 radical (unpaired) electrons. The Labute approximate surface area is 651 Å². The minimum atomic E-state index is 1.26. The molecule has 0 N–H and O–H groups in total. The van der Waals surface area contributed by atoms with Crippen molar-refractivity contribution >= 4 is 305 Å². The van der Waals surface area contributed by atoms with Crippen molar-refractivity contribution in [2.45, 2.75) is 0 Å². The third kappa shape index (κ3) is 5.82. The zero-order valence-electron chi connectivity index (χ0n) is 61.6. The molecule has 0 saturated heterocycles. The van der Waals surface area contributed by atoms with E-state index in [9.17, 15) is 0 Å². The van der Waals surface area contributed by atoms with E-state index >= 15 is 0 Å². The normalized spacial score (nSPS) is 13.5. The molecule has 0 aliphatic rings. The van der Waals surface area contributed by atoms with Crippen LogP contribution >= 0.6 is 0 Å². The molecule has 0 aliphatic carbocycles. The lowest BCUT2D eigenvalue weighted by Gasteiger charge is -2.03. The van der Waals surface area contributed by atoms with Gasteiger partial charge in [0.1, 0.15) is 0 Å². The quantitative estimate of drug-likeness (QED) is 0.145. The maximum atomic E-state index is 2.58. The van der Waals surface area contributed by atoms with Gasteiger partial charge < -0.3 is 35.2 Å². The number of nitrogens with zero attached hydrogens (tertiary/aromatic N) is 8. The van der Waals surface area contributed by atoms with E-state index in [1.165, 1.54) is 305 Å². The maximum Gasteiger partial charge on any atom is 0.0642 e. The minimum Gasteiger partial charge on any atom is -0.308 e. The van der Waals surface area contributed by atoms with E-state index < -0.39 is 0 Å². The van der Waals surface area contributed by atoms with Crippen molar-refractivity contribution in [1.82, 2.24) is 35.2 Å². The highest BCUT2D eigenvalue weighted by Gasteiger charge is 2.33. The summed E-state index contributed by atoms with van der Waals surface area (Å²) in [6, 6.07) is 120. The fourth-order valence-corrected chi connectivity index (χ4v) is 24.8. The SMILES string of the molecule is c1ccc2c(c1)c1c3c(cc4c5cccc6c7ccccc7n(c65)c41)c1cc4c(cc1n23)c1cc2c3cccc5c6ccccc6n(c53)c2c2c3ccccc3n4c12.c1ccc2c(c1)c1cccc3c4c5c6ccccc6n6c7cc8c9cc%10c(c%11cccc%12c%13ccccc%13n%10c%12%11)c%10c%11ccccc%11n(c8cc7c(cc4n2c13)c56)c9%10. The highest BCUT2D eigenvalue weighted by molar-refractivity contribution is 6.44. The van der Waals surface area contributed by atoms with Crippen LogP contribution in [0.4, 0.5) is 0 Å². The average Bonchev–Trinajstić information content (AvgIpc) is 1.50. The highest BCUT2D eigenvalue weighted by atomic mass is 15.0. The summed E-state index contributed by atoms with van der Waals surface area (Å²) in [5.41, 5.74) is 30.9. The Kier molecular flexibility index (Phi) is 8.99.